The number of rotatable bonds is 4. The van der Waals surface area contributed by atoms with Gasteiger partial charge in [0.2, 0.25) is 0 Å². The number of alkyl halides is 1. The average molecular weight is 289 g/mol. The highest BCUT2D eigenvalue weighted by Gasteiger charge is 2.07. The van der Waals surface area contributed by atoms with Crippen LogP contribution in [0.25, 0.3) is 0 Å². The summed E-state index contributed by atoms with van der Waals surface area (Å²) >= 11 is 5.73. The Balaban J connectivity index is 2.14. The van der Waals surface area contributed by atoms with Crippen molar-refractivity contribution < 1.29 is 4.79 Å². The van der Waals surface area contributed by atoms with E-state index in [2.05, 4.69) is 10.6 Å². The average Bonchev–Trinajstić information content (AvgIpc) is 2.49. The fourth-order valence-electron chi connectivity index (χ4n) is 1.92. The van der Waals surface area contributed by atoms with Crippen LogP contribution in [0, 0.1) is 6.92 Å². The second kappa shape index (κ2) is 6.44. The Hall–Kier alpha value is -2.00. The van der Waals surface area contributed by atoms with Gasteiger partial charge >= 0.3 is 0 Å². The van der Waals surface area contributed by atoms with Gasteiger partial charge in [-0.25, -0.2) is 0 Å². The number of hydrogen-bond acceptors (Lipinski definition) is 2. The van der Waals surface area contributed by atoms with Crippen molar-refractivity contribution in [1.29, 1.82) is 0 Å². The SMILES string of the molecule is CNc1cc(NC(=O)c2ccc(CCl)cc2)ccc1C. The van der Waals surface area contributed by atoms with Gasteiger partial charge in [-0.15, -0.1) is 11.6 Å². The molecule has 0 aromatic heterocycles. The van der Waals surface area contributed by atoms with Crippen LogP contribution in [0.4, 0.5) is 11.4 Å². The third-order valence-corrected chi connectivity index (χ3v) is 3.44. The van der Waals surface area contributed by atoms with Gasteiger partial charge in [-0.3, -0.25) is 4.79 Å². The molecule has 0 aliphatic carbocycles. The first-order valence-electron chi connectivity index (χ1n) is 6.38. The van der Waals surface area contributed by atoms with E-state index in [-0.39, 0.29) is 5.91 Å². The van der Waals surface area contributed by atoms with Crippen LogP contribution in [0.1, 0.15) is 21.5 Å². The monoisotopic (exact) mass is 288 g/mol. The molecule has 0 aliphatic heterocycles. The summed E-state index contributed by atoms with van der Waals surface area (Å²) in [5, 5.41) is 5.98. The first kappa shape index (κ1) is 14.4. The fraction of sp³-hybridized carbons (Fsp3) is 0.188. The van der Waals surface area contributed by atoms with Crippen LogP contribution in [0.2, 0.25) is 0 Å². The maximum absolute atomic E-state index is 12.1. The standard InChI is InChI=1S/C16H17ClN2O/c1-11-3-8-14(9-15(11)18-2)19-16(20)13-6-4-12(10-17)5-7-13/h3-9,18H,10H2,1-2H3,(H,19,20). The van der Waals surface area contributed by atoms with Gasteiger partial charge in [0.05, 0.1) is 0 Å². The highest BCUT2D eigenvalue weighted by Crippen LogP contribution is 2.20. The lowest BCUT2D eigenvalue weighted by Gasteiger charge is -2.10. The number of amides is 1. The molecular weight excluding hydrogens is 272 g/mol. The molecule has 104 valence electrons. The molecule has 2 aromatic rings. The summed E-state index contributed by atoms with van der Waals surface area (Å²) < 4.78 is 0. The van der Waals surface area contributed by atoms with Gasteiger partial charge in [0.1, 0.15) is 0 Å². The summed E-state index contributed by atoms with van der Waals surface area (Å²) in [7, 11) is 1.86. The lowest BCUT2D eigenvalue weighted by Crippen LogP contribution is -2.12. The van der Waals surface area contributed by atoms with Crippen molar-refractivity contribution in [3.05, 3.63) is 59.2 Å². The topological polar surface area (TPSA) is 41.1 Å². The van der Waals surface area contributed by atoms with E-state index in [0.29, 0.717) is 11.4 Å². The van der Waals surface area contributed by atoms with Gasteiger partial charge in [0, 0.05) is 29.9 Å². The number of hydrogen-bond donors (Lipinski definition) is 2. The predicted octanol–water partition coefficient (Wildman–Crippen LogP) is 4.03. The first-order chi connectivity index (χ1) is 9.63. The summed E-state index contributed by atoms with van der Waals surface area (Å²) in [6.07, 6.45) is 0. The molecule has 0 radical (unpaired) electrons. The zero-order valence-electron chi connectivity index (χ0n) is 11.5. The van der Waals surface area contributed by atoms with E-state index >= 15 is 0 Å². The lowest BCUT2D eigenvalue weighted by molar-refractivity contribution is 0.102. The van der Waals surface area contributed by atoms with Gasteiger partial charge in [0.15, 0.2) is 0 Å². The second-order valence-corrected chi connectivity index (χ2v) is 4.83. The van der Waals surface area contributed by atoms with E-state index in [0.717, 1.165) is 22.5 Å². The van der Waals surface area contributed by atoms with E-state index in [9.17, 15) is 4.79 Å². The molecule has 20 heavy (non-hydrogen) atoms. The van der Waals surface area contributed by atoms with Crippen molar-refractivity contribution in [3.63, 3.8) is 0 Å². The lowest BCUT2D eigenvalue weighted by atomic mass is 10.1. The van der Waals surface area contributed by atoms with E-state index in [4.69, 9.17) is 11.6 Å². The Morgan fingerprint density at radius 3 is 2.45 bits per heavy atom. The summed E-state index contributed by atoms with van der Waals surface area (Å²) in [5.74, 6) is 0.322. The Labute approximate surface area is 124 Å². The van der Waals surface area contributed by atoms with Crippen molar-refractivity contribution >= 4 is 28.9 Å². The number of carbonyl (C=O) groups is 1. The number of halogens is 1. The maximum Gasteiger partial charge on any atom is 0.255 e. The highest BCUT2D eigenvalue weighted by atomic mass is 35.5. The number of nitrogens with one attached hydrogen (secondary N) is 2. The fourth-order valence-corrected chi connectivity index (χ4v) is 2.10. The molecule has 0 aliphatic rings. The predicted molar refractivity (Wildman–Crippen MR) is 84.7 cm³/mol. The summed E-state index contributed by atoms with van der Waals surface area (Å²) in [6.45, 7) is 2.02. The molecule has 2 N–H and O–H groups in total. The van der Waals surface area contributed by atoms with Crippen LogP contribution in [0.5, 0.6) is 0 Å². The highest BCUT2D eigenvalue weighted by molar-refractivity contribution is 6.17. The summed E-state index contributed by atoms with van der Waals surface area (Å²) in [5.41, 5.74) is 4.52. The van der Waals surface area contributed by atoms with Crippen LogP contribution in [0.15, 0.2) is 42.5 Å². The number of carbonyl (C=O) groups excluding carboxylic acids is 1. The maximum atomic E-state index is 12.1. The van der Waals surface area contributed by atoms with Crippen LogP contribution >= 0.6 is 11.6 Å². The van der Waals surface area contributed by atoms with Crippen molar-refractivity contribution in [2.75, 3.05) is 17.7 Å². The van der Waals surface area contributed by atoms with Gasteiger partial charge in [-0.1, -0.05) is 18.2 Å². The molecule has 0 bridgehead atoms. The largest absolute Gasteiger partial charge is 0.388 e. The molecule has 0 unspecified atom stereocenters. The van der Waals surface area contributed by atoms with Gasteiger partial charge in [0.25, 0.3) is 5.91 Å². The zero-order valence-corrected chi connectivity index (χ0v) is 12.3. The molecule has 0 saturated heterocycles. The first-order valence-corrected chi connectivity index (χ1v) is 6.92. The molecule has 4 heteroatoms. The number of benzene rings is 2. The quantitative estimate of drug-likeness (QED) is 0.834. The molecule has 0 spiro atoms. The van der Waals surface area contributed by atoms with Crippen LogP contribution < -0.4 is 10.6 Å². The van der Waals surface area contributed by atoms with Crippen molar-refractivity contribution in [1.82, 2.24) is 0 Å². The molecule has 0 saturated carbocycles. The van der Waals surface area contributed by atoms with Crippen molar-refractivity contribution in [2.45, 2.75) is 12.8 Å². The third-order valence-electron chi connectivity index (χ3n) is 3.14. The Morgan fingerprint density at radius 2 is 1.85 bits per heavy atom. The number of anilines is 2. The Kier molecular flexibility index (Phi) is 4.64. The van der Waals surface area contributed by atoms with Gasteiger partial charge < -0.3 is 10.6 Å². The summed E-state index contributed by atoms with van der Waals surface area (Å²) in [4.78, 5) is 12.1. The second-order valence-electron chi connectivity index (χ2n) is 4.56. The van der Waals surface area contributed by atoms with Crippen molar-refractivity contribution in [3.8, 4) is 0 Å². The molecule has 2 aromatic carbocycles. The molecule has 2 rings (SSSR count). The minimum Gasteiger partial charge on any atom is -0.388 e. The molecular formula is C16H17ClN2O. The van der Waals surface area contributed by atoms with Gasteiger partial charge in [-0.2, -0.15) is 0 Å². The molecule has 0 heterocycles. The van der Waals surface area contributed by atoms with E-state index < -0.39 is 0 Å². The molecule has 0 atom stereocenters. The van der Waals surface area contributed by atoms with E-state index in [1.807, 2.05) is 44.3 Å². The minimum atomic E-state index is -0.128. The van der Waals surface area contributed by atoms with E-state index in [1.165, 1.54) is 0 Å². The summed E-state index contributed by atoms with van der Waals surface area (Å²) in [6, 6.07) is 13.0. The smallest absolute Gasteiger partial charge is 0.255 e. The number of aryl methyl sites for hydroxylation is 1. The van der Waals surface area contributed by atoms with Crippen molar-refractivity contribution in [2.24, 2.45) is 0 Å². The third kappa shape index (κ3) is 3.31. The zero-order chi connectivity index (χ0) is 14.5. The van der Waals surface area contributed by atoms with Crippen LogP contribution in [-0.2, 0) is 5.88 Å². The normalized spacial score (nSPS) is 10.2. The minimum absolute atomic E-state index is 0.128. The Morgan fingerprint density at radius 1 is 1.15 bits per heavy atom. The van der Waals surface area contributed by atoms with E-state index in [1.54, 1.807) is 12.1 Å². The molecule has 1 amide bonds. The van der Waals surface area contributed by atoms with Crippen LogP contribution in [0.3, 0.4) is 0 Å². The van der Waals surface area contributed by atoms with Gasteiger partial charge in [-0.05, 0) is 42.3 Å². The Bertz CT molecular complexity index is 608. The molecule has 0 fully saturated rings. The molecule has 3 nitrogen and oxygen atoms in total. The van der Waals surface area contributed by atoms with Crippen LogP contribution in [-0.4, -0.2) is 13.0 Å².